The highest BCUT2D eigenvalue weighted by atomic mass is 127. The van der Waals surface area contributed by atoms with Crippen LogP contribution in [0.3, 0.4) is 0 Å². The third kappa shape index (κ3) is 7.13. The van der Waals surface area contributed by atoms with E-state index in [2.05, 4.69) is 32.2 Å². The highest BCUT2D eigenvalue weighted by Crippen LogP contribution is 2.31. The third-order valence-corrected chi connectivity index (χ3v) is 4.08. The number of nitrogens with zero attached hydrogens (tertiary/aromatic N) is 2. The van der Waals surface area contributed by atoms with Crippen LogP contribution < -0.4 is 20.3 Å². The summed E-state index contributed by atoms with van der Waals surface area (Å²) in [5.74, 6) is 1.04. The van der Waals surface area contributed by atoms with Gasteiger partial charge in [-0.05, 0) is 31.9 Å². The van der Waals surface area contributed by atoms with E-state index < -0.39 is 6.61 Å². The van der Waals surface area contributed by atoms with Crippen molar-refractivity contribution in [1.29, 1.82) is 0 Å². The SMILES string of the molecule is CCCCN=C(NCC)NC1CCN(c2ccccc2OC(F)F)C1.I. The van der Waals surface area contributed by atoms with Gasteiger partial charge in [0.1, 0.15) is 5.75 Å². The number of hydrogen-bond donors (Lipinski definition) is 2. The number of anilines is 1. The van der Waals surface area contributed by atoms with Gasteiger partial charge in [0.05, 0.1) is 5.69 Å². The molecule has 1 atom stereocenters. The highest BCUT2D eigenvalue weighted by Gasteiger charge is 2.25. The summed E-state index contributed by atoms with van der Waals surface area (Å²) >= 11 is 0. The average molecular weight is 482 g/mol. The molecule has 0 amide bonds. The monoisotopic (exact) mass is 482 g/mol. The van der Waals surface area contributed by atoms with E-state index >= 15 is 0 Å². The van der Waals surface area contributed by atoms with Crippen LogP contribution in [0.15, 0.2) is 29.3 Å². The summed E-state index contributed by atoms with van der Waals surface area (Å²) in [6.45, 7) is 4.48. The van der Waals surface area contributed by atoms with Crippen molar-refractivity contribution < 1.29 is 13.5 Å². The molecule has 0 saturated carbocycles. The van der Waals surface area contributed by atoms with Gasteiger partial charge >= 0.3 is 6.61 Å². The lowest BCUT2D eigenvalue weighted by molar-refractivity contribution is -0.0495. The molecule has 1 saturated heterocycles. The summed E-state index contributed by atoms with van der Waals surface area (Å²) < 4.78 is 29.8. The van der Waals surface area contributed by atoms with Gasteiger partial charge in [-0.3, -0.25) is 4.99 Å². The van der Waals surface area contributed by atoms with Crippen molar-refractivity contribution in [1.82, 2.24) is 10.6 Å². The van der Waals surface area contributed by atoms with Gasteiger partial charge in [-0.2, -0.15) is 8.78 Å². The number of para-hydroxylation sites is 2. The first-order valence-electron chi connectivity index (χ1n) is 8.97. The minimum absolute atomic E-state index is 0. The molecule has 1 aliphatic heterocycles. The van der Waals surface area contributed by atoms with Gasteiger partial charge in [-0.25, -0.2) is 0 Å². The number of halogens is 3. The molecule has 0 bridgehead atoms. The van der Waals surface area contributed by atoms with Gasteiger partial charge in [0.2, 0.25) is 0 Å². The zero-order valence-corrected chi connectivity index (χ0v) is 17.7. The van der Waals surface area contributed by atoms with Crippen LogP contribution in [0.2, 0.25) is 0 Å². The predicted octanol–water partition coefficient (Wildman–Crippen LogP) is 3.84. The Kier molecular flexibility index (Phi) is 10.6. The molecule has 1 fully saturated rings. The Morgan fingerprint density at radius 2 is 2.12 bits per heavy atom. The number of unbranched alkanes of at least 4 members (excludes halogenated alkanes) is 1. The standard InChI is InChI=1S/C18H28F2N4O.HI/c1-3-5-11-22-18(21-4-2)23-14-10-12-24(13-14)15-8-6-7-9-16(15)25-17(19)20;/h6-9,14,17H,3-5,10-13H2,1-2H3,(H2,21,22,23);1H. The summed E-state index contributed by atoms with van der Waals surface area (Å²) in [4.78, 5) is 6.65. The first-order valence-corrected chi connectivity index (χ1v) is 8.97. The molecule has 8 heteroatoms. The van der Waals surface area contributed by atoms with Gasteiger partial charge in [0.25, 0.3) is 0 Å². The Morgan fingerprint density at radius 3 is 2.81 bits per heavy atom. The molecular weight excluding hydrogens is 453 g/mol. The molecule has 0 spiro atoms. The zero-order chi connectivity index (χ0) is 18.1. The van der Waals surface area contributed by atoms with Crippen LogP contribution in [0.1, 0.15) is 33.1 Å². The lowest BCUT2D eigenvalue weighted by atomic mass is 10.2. The second-order valence-electron chi connectivity index (χ2n) is 6.04. The maximum Gasteiger partial charge on any atom is 0.387 e. The number of guanidine groups is 1. The van der Waals surface area contributed by atoms with Crippen molar-refractivity contribution in [2.75, 3.05) is 31.1 Å². The lowest BCUT2D eigenvalue weighted by Gasteiger charge is -2.22. The molecule has 5 nitrogen and oxygen atoms in total. The van der Waals surface area contributed by atoms with Crippen LogP contribution >= 0.6 is 24.0 Å². The fourth-order valence-electron chi connectivity index (χ4n) is 2.87. The van der Waals surface area contributed by atoms with Crippen molar-refractivity contribution in [2.24, 2.45) is 4.99 Å². The predicted molar refractivity (Wildman–Crippen MR) is 113 cm³/mol. The van der Waals surface area contributed by atoms with Crippen LogP contribution in [-0.2, 0) is 0 Å². The topological polar surface area (TPSA) is 48.9 Å². The average Bonchev–Trinajstić information content (AvgIpc) is 3.03. The van der Waals surface area contributed by atoms with Gasteiger partial charge in [0, 0.05) is 32.2 Å². The molecule has 1 aromatic carbocycles. The van der Waals surface area contributed by atoms with Crippen molar-refractivity contribution in [3.63, 3.8) is 0 Å². The van der Waals surface area contributed by atoms with E-state index in [-0.39, 0.29) is 35.8 Å². The Labute approximate surface area is 171 Å². The fourth-order valence-corrected chi connectivity index (χ4v) is 2.87. The summed E-state index contributed by atoms with van der Waals surface area (Å²) in [7, 11) is 0. The maximum atomic E-state index is 12.6. The number of benzene rings is 1. The maximum absolute atomic E-state index is 12.6. The quantitative estimate of drug-likeness (QED) is 0.256. The molecule has 1 heterocycles. The summed E-state index contributed by atoms with van der Waals surface area (Å²) in [6.07, 6.45) is 3.09. The molecule has 0 radical (unpaired) electrons. The minimum atomic E-state index is -2.82. The first-order chi connectivity index (χ1) is 12.1. The molecule has 26 heavy (non-hydrogen) atoms. The first kappa shape index (κ1) is 22.7. The van der Waals surface area contributed by atoms with Crippen molar-refractivity contribution in [3.8, 4) is 5.75 Å². The van der Waals surface area contributed by atoms with Gasteiger partial charge in [-0.15, -0.1) is 24.0 Å². The number of aliphatic imine (C=N–C) groups is 1. The molecule has 0 aromatic heterocycles. The van der Waals surface area contributed by atoms with E-state index in [1.54, 1.807) is 12.1 Å². The smallest absolute Gasteiger partial charge is 0.387 e. The van der Waals surface area contributed by atoms with E-state index in [1.165, 1.54) is 0 Å². The number of nitrogens with one attached hydrogen (secondary N) is 2. The van der Waals surface area contributed by atoms with E-state index in [9.17, 15) is 8.78 Å². The van der Waals surface area contributed by atoms with Gasteiger partial charge < -0.3 is 20.3 Å². The van der Waals surface area contributed by atoms with Crippen LogP contribution in [0.5, 0.6) is 5.75 Å². The van der Waals surface area contributed by atoms with Crippen molar-refractivity contribution in [2.45, 2.75) is 45.8 Å². The van der Waals surface area contributed by atoms with Crippen LogP contribution in [0.25, 0.3) is 0 Å². The zero-order valence-electron chi connectivity index (χ0n) is 15.4. The summed E-state index contributed by atoms with van der Waals surface area (Å²) in [6, 6.07) is 7.17. The largest absolute Gasteiger partial charge is 0.433 e. The lowest BCUT2D eigenvalue weighted by Crippen LogP contribution is -2.44. The van der Waals surface area contributed by atoms with E-state index in [1.807, 2.05) is 19.1 Å². The molecule has 148 valence electrons. The van der Waals surface area contributed by atoms with Gasteiger partial charge in [0.15, 0.2) is 5.96 Å². The highest BCUT2D eigenvalue weighted by molar-refractivity contribution is 14.0. The normalized spacial score (nSPS) is 17.2. The summed E-state index contributed by atoms with van der Waals surface area (Å²) in [5.41, 5.74) is 0.708. The van der Waals surface area contributed by atoms with E-state index in [0.29, 0.717) is 5.69 Å². The number of rotatable bonds is 8. The van der Waals surface area contributed by atoms with Crippen LogP contribution in [-0.4, -0.2) is 44.8 Å². The van der Waals surface area contributed by atoms with Gasteiger partial charge in [-0.1, -0.05) is 25.5 Å². The van der Waals surface area contributed by atoms with Crippen LogP contribution in [0, 0.1) is 0 Å². The van der Waals surface area contributed by atoms with Crippen LogP contribution in [0.4, 0.5) is 14.5 Å². The van der Waals surface area contributed by atoms with E-state index in [4.69, 9.17) is 0 Å². The van der Waals surface area contributed by atoms with Crippen molar-refractivity contribution in [3.05, 3.63) is 24.3 Å². The number of ether oxygens (including phenoxy) is 1. The second-order valence-corrected chi connectivity index (χ2v) is 6.04. The molecule has 1 aliphatic rings. The number of hydrogen-bond acceptors (Lipinski definition) is 3. The summed E-state index contributed by atoms with van der Waals surface area (Å²) in [5, 5.41) is 6.70. The number of alkyl halides is 2. The molecular formula is C18H29F2IN4O. The molecule has 2 N–H and O–H groups in total. The fraction of sp³-hybridized carbons (Fsp3) is 0.611. The molecule has 2 rings (SSSR count). The Bertz CT molecular complexity index is 560. The third-order valence-electron chi connectivity index (χ3n) is 4.08. The molecule has 1 aromatic rings. The Balaban J connectivity index is 0.00000338. The Hall–Kier alpha value is -1.32. The van der Waals surface area contributed by atoms with E-state index in [0.717, 1.165) is 51.4 Å². The molecule has 0 aliphatic carbocycles. The molecule has 1 unspecified atom stereocenters. The Morgan fingerprint density at radius 1 is 1.35 bits per heavy atom. The second kappa shape index (κ2) is 12.1. The van der Waals surface area contributed by atoms with Crippen molar-refractivity contribution >= 4 is 35.6 Å². The minimum Gasteiger partial charge on any atom is -0.433 e.